The van der Waals surface area contributed by atoms with E-state index in [-0.39, 0.29) is 4.90 Å². The van der Waals surface area contributed by atoms with Crippen LogP contribution in [0.2, 0.25) is 0 Å². The average Bonchev–Trinajstić information content (AvgIpc) is 2.54. The fourth-order valence-electron chi connectivity index (χ4n) is 2.50. The zero-order chi connectivity index (χ0) is 17.0. The number of hydrogen-bond acceptors (Lipinski definition) is 5. The van der Waals surface area contributed by atoms with E-state index in [2.05, 4.69) is 11.5 Å². The number of rotatable bonds is 6. The van der Waals surface area contributed by atoms with Gasteiger partial charge >= 0.3 is 0 Å². The Balaban J connectivity index is 2.15. The summed E-state index contributed by atoms with van der Waals surface area (Å²) < 4.78 is 37.3. The molecule has 0 amide bonds. The molecule has 1 saturated heterocycles. The van der Waals surface area contributed by atoms with Crippen LogP contribution in [0.4, 0.5) is 0 Å². The minimum absolute atomic E-state index is 0.199. The maximum absolute atomic E-state index is 12.8. The van der Waals surface area contributed by atoms with E-state index < -0.39 is 10.0 Å². The summed E-state index contributed by atoms with van der Waals surface area (Å²) in [6.45, 7) is 6.32. The second-order valence-corrected chi connectivity index (χ2v) is 7.69. The van der Waals surface area contributed by atoms with Crippen molar-refractivity contribution in [1.29, 1.82) is 0 Å². The largest absolute Gasteiger partial charge is 0.493 e. The summed E-state index contributed by atoms with van der Waals surface area (Å²) in [6, 6.07) is 4.62. The van der Waals surface area contributed by atoms with E-state index in [0.29, 0.717) is 49.3 Å². The van der Waals surface area contributed by atoms with E-state index in [1.807, 2.05) is 0 Å². The third kappa shape index (κ3) is 4.17. The first-order valence-electron chi connectivity index (χ1n) is 7.16. The molecule has 0 N–H and O–H groups in total. The minimum Gasteiger partial charge on any atom is -0.493 e. The Morgan fingerprint density at radius 1 is 1.17 bits per heavy atom. The summed E-state index contributed by atoms with van der Waals surface area (Å²) in [5.41, 5.74) is 0. The molecule has 1 aromatic rings. The van der Waals surface area contributed by atoms with Crippen LogP contribution in [-0.2, 0) is 10.0 Å². The zero-order valence-electron chi connectivity index (χ0n) is 13.3. The van der Waals surface area contributed by atoms with E-state index in [1.165, 1.54) is 30.7 Å². The predicted octanol–water partition coefficient (Wildman–Crippen LogP) is 1.76. The lowest BCUT2D eigenvalue weighted by Crippen LogP contribution is -2.48. The maximum Gasteiger partial charge on any atom is 0.243 e. The molecule has 0 radical (unpaired) electrons. The topological polar surface area (TPSA) is 59.1 Å². The van der Waals surface area contributed by atoms with Crippen LogP contribution in [0.3, 0.4) is 0 Å². The van der Waals surface area contributed by atoms with Crippen LogP contribution < -0.4 is 9.47 Å². The summed E-state index contributed by atoms with van der Waals surface area (Å²) >= 11 is 5.80. The van der Waals surface area contributed by atoms with Crippen molar-refractivity contribution in [1.82, 2.24) is 9.21 Å². The van der Waals surface area contributed by atoms with Gasteiger partial charge < -0.3 is 9.47 Å². The van der Waals surface area contributed by atoms with Crippen LogP contribution in [0.25, 0.3) is 0 Å². The molecule has 0 aromatic heterocycles. The van der Waals surface area contributed by atoms with Crippen LogP contribution in [0.5, 0.6) is 11.5 Å². The molecule has 128 valence electrons. The maximum atomic E-state index is 12.8. The molecule has 8 heteroatoms. The molecular formula is C15H21ClN2O4S. The van der Waals surface area contributed by atoms with Gasteiger partial charge in [0.15, 0.2) is 11.5 Å². The van der Waals surface area contributed by atoms with Crippen LogP contribution in [0.15, 0.2) is 34.7 Å². The van der Waals surface area contributed by atoms with Gasteiger partial charge in [-0.1, -0.05) is 18.2 Å². The summed E-state index contributed by atoms with van der Waals surface area (Å²) in [7, 11) is -0.568. The third-order valence-corrected chi connectivity index (χ3v) is 5.73. The lowest BCUT2D eigenvalue weighted by molar-refractivity contribution is 0.203. The highest BCUT2D eigenvalue weighted by Crippen LogP contribution is 2.30. The lowest BCUT2D eigenvalue weighted by atomic mass is 10.3. The van der Waals surface area contributed by atoms with Crippen LogP contribution >= 0.6 is 11.6 Å². The zero-order valence-corrected chi connectivity index (χ0v) is 14.9. The SMILES string of the molecule is C=C(Cl)CN1CCN(S(=O)(=O)c2ccc(OC)c(OC)c2)CC1. The molecule has 0 bridgehead atoms. The van der Waals surface area contributed by atoms with Crippen molar-refractivity contribution < 1.29 is 17.9 Å². The summed E-state index contributed by atoms with van der Waals surface area (Å²) in [4.78, 5) is 2.28. The van der Waals surface area contributed by atoms with E-state index in [4.69, 9.17) is 21.1 Å². The van der Waals surface area contributed by atoms with Crippen molar-refractivity contribution >= 4 is 21.6 Å². The Labute approximate surface area is 142 Å². The predicted molar refractivity (Wildman–Crippen MR) is 89.7 cm³/mol. The van der Waals surface area contributed by atoms with Crippen molar-refractivity contribution in [2.75, 3.05) is 46.9 Å². The molecular weight excluding hydrogens is 340 g/mol. The first-order chi connectivity index (χ1) is 10.9. The number of piperazine rings is 1. The molecule has 0 atom stereocenters. The Morgan fingerprint density at radius 2 is 1.78 bits per heavy atom. The van der Waals surface area contributed by atoms with Gasteiger partial charge in [-0.05, 0) is 12.1 Å². The molecule has 6 nitrogen and oxygen atoms in total. The van der Waals surface area contributed by atoms with E-state index in [0.717, 1.165) is 0 Å². The Morgan fingerprint density at radius 3 is 2.30 bits per heavy atom. The number of benzene rings is 1. The van der Waals surface area contributed by atoms with Gasteiger partial charge in [-0.15, -0.1) is 0 Å². The molecule has 23 heavy (non-hydrogen) atoms. The molecule has 1 aliphatic heterocycles. The Bertz CT molecular complexity index is 670. The first-order valence-corrected chi connectivity index (χ1v) is 8.98. The Kier molecular flexibility index (Phi) is 5.91. The van der Waals surface area contributed by atoms with Crippen LogP contribution in [0.1, 0.15) is 0 Å². The van der Waals surface area contributed by atoms with Gasteiger partial charge in [-0.2, -0.15) is 4.31 Å². The fourth-order valence-corrected chi connectivity index (χ4v) is 4.10. The van der Waals surface area contributed by atoms with E-state index in [9.17, 15) is 8.42 Å². The number of methoxy groups -OCH3 is 2. The number of nitrogens with zero attached hydrogens (tertiary/aromatic N) is 2. The van der Waals surface area contributed by atoms with Gasteiger partial charge in [0, 0.05) is 43.8 Å². The van der Waals surface area contributed by atoms with Gasteiger partial charge in [0.05, 0.1) is 19.1 Å². The highest BCUT2D eigenvalue weighted by molar-refractivity contribution is 7.89. The summed E-state index contributed by atoms with van der Waals surface area (Å²) in [5.74, 6) is 0.891. The second-order valence-electron chi connectivity index (χ2n) is 5.21. The lowest BCUT2D eigenvalue weighted by Gasteiger charge is -2.33. The molecule has 2 rings (SSSR count). The normalized spacial score (nSPS) is 17.0. The highest BCUT2D eigenvalue weighted by Gasteiger charge is 2.29. The van der Waals surface area contributed by atoms with Gasteiger partial charge in [0.25, 0.3) is 0 Å². The number of ether oxygens (including phenoxy) is 2. The standard InChI is InChI=1S/C15H21ClN2O4S/c1-12(16)11-17-6-8-18(9-7-17)23(19,20)13-4-5-14(21-2)15(10-13)22-3/h4-5,10H,1,6-9,11H2,2-3H3. The highest BCUT2D eigenvalue weighted by atomic mass is 35.5. The number of hydrogen-bond donors (Lipinski definition) is 0. The monoisotopic (exact) mass is 360 g/mol. The summed E-state index contributed by atoms with van der Waals surface area (Å²) in [6.07, 6.45) is 0. The fraction of sp³-hybridized carbons (Fsp3) is 0.467. The first kappa shape index (κ1) is 18.1. The molecule has 1 aromatic carbocycles. The Hall–Kier alpha value is -1.28. The van der Waals surface area contributed by atoms with Crippen LogP contribution in [-0.4, -0.2) is 64.6 Å². The third-order valence-electron chi connectivity index (χ3n) is 3.72. The van der Waals surface area contributed by atoms with Gasteiger partial charge in [0.2, 0.25) is 10.0 Å². The molecule has 0 saturated carbocycles. The van der Waals surface area contributed by atoms with Crippen molar-refractivity contribution in [2.45, 2.75) is 4.90 Å². The quantitative estimate of drug-likeness (QED) is 0.773. The number of sulfonamides is 1. The van der Waals surface area contributed by atoms with Gasteiger partial charge in [-0.3, -0.25) is 4.90 Å². The van der Waals surface area contributed by atoms with Crippen molar-refractivity contribution in [3.8, 4) is 11.5 Å². The van der Waals surface area contributed by atoms with Gasteiger partial charge in [-0.25, -0.2) is 8.42 Å². The smallest absolute Gasteiger partial charge is 0.243 e. The molecule has 1 fully saturated rings. The second kappa shape index (κ2) is 7.53. The van der Waals surface area contributed by atoms with Crippen molar-refractivity contribution in [3.63, 3.8) is 0 Å². The van der Waals surface area contributed by atoms with E-state index >= 15 is 0 Å². The number of halogens is 1. The van der Waals surface area contributed by atoms with Crippen molar-refractivity contribution in [3.05, 3.63) is 29.8 Å². The molecule has 0 aliphatic carbocycles. The van der Waals surface area contributed by atoms with Crippen molar-refractivity contribution in [2.24, 2.45) is 0 Å². The molecule has 1 heterocycles. The summed E-state index contributed by atoms with van der Waals surface area (Å²) in [5, 5.41) is 0.557. The minimum atomic E-state index is -3.56. The van der Waals surface area contributed by atoms with E-state index in [1.54, 1.807) is 6.07 Å². The van der Waals surface area contributed by atoms with Gasteiger partial charge in [0.1, 0.15) is 0 Å². The van der Waals surface area contributed by atoms with Crippen LogP contribution in [0, 0.1) is 0 Å². The average molecular weight is 361 g/mol. The molecule has 1 aliphatic rings. The molecule has 0 unspecified atom stereocenters. The molecule has 0 spiro atoms.